The summed E-state index contributed by atoms with van der Waals surface area (Å²) in [4.78, 5) is 7.87. The topological polar surface area (TPSA) is 35.0 Å². The summed E-state index contributed by atoms with van der Waals surface area (Å²) in [7, 11) is 0. The lowest BCUT2D eigenvalue weighted by molar-refractivity contribution is 0.306. The first-order chi connectivity index (χ1) is 10.7. The minimum Gasteiger partial charge on any atom is -0.489 e. The van der Waals surface area contributed by atoms with Crippen LogP contribution in [0.5, 0.6) is 5.75 Å². The van der Waals surface area contributed by atoms with Crippen LogP contribution in [0.4, 0.5) is 4.39 Å². The molecule has 0 aliphatic rings. The zero-order valence-electron chi connectivity index (χ0n) is 12.2. The molecular formula is C18H15FN2O. The molecule has 4 heteroatoms. The third kappa shape index (κ3) is 3.47. The van der Waals surface area contributed by atoms with E-state index in [9.17, 15) is 4.39 Å². The molecule has 0 aliphatic heterocycles. The van der Waals surface area contributed by atoms with E-state index in [0.717, 1.165) is 16.9 Å². The van der Waals surface area contributed by atoms with Crippen molar-refractivity contribution in [3.63, 3.8) is 0 Å². The third-order valence-corrected chi connectivity index (χ3v) is 3.21. The lowest BCUT2D eigenvalue weighted by atomic mass is 10.1. The van der Waals surface area contributed by atoms with Crippen LogP contribution in [-0.4, -0.2) is 9.97 Å². The fourth-order valence-corrected chi connectivity index (χ4v) is 2.14. The largest absolute Gasteiger partial charge is 0.489 e. The van der Waals surface area contributed by atoms with Gasteiger partial charge in [0.2, 0.25) is 5.95 Å². The van der Waals surface area contributed by atoms with Gasteiger partial charge in [0.05, 0.1) is 5.69 Å². The number of rotatable bonds is 4. The second-order valence-electron chi connectivity index (χ2n) is 4.92. The second-order valence-corrected chi connectivity index (χ2v) is 4.92. The highest BCUT2D eigenvalue weighted by molar-refractivity contribution is 5.59. The molecule has 3 aromatic rings. The van der Waals surface area contributed by atoms with Crippen LogP contribution >= 0.6 is 0 Å². The van der Waals surface area contributed by atoms with Gasteiger partial charge in [-0.3, -0.25) is 0 Å². The fourth-order valence-electron chi connectivity index (χ4n) is 2.14. The minimum atomic E-state index is -0.521. The highest BCUT2D eigenvalue weighted by atomic mass is 19.1. The number of aromatic nitrogens is 2. The molecule has 3 nitrogen and oxygen atoms in total. The number of nitrogens with zero attached hydrogens (tertiary/aromatic N) is 2. The molecular weight excluding hydrogens is 279 g/mol. The van der Waals surface area contributed by atoms with Crippen molar-refractivity contribution in [3.8, 4) is 17.0 Å². The van der Waals surface area contributed by atoms with Crippen LogP contribution in [0.15, 0.2) is 60.7 Å². The van der Waals surface area contributed by atoms with E-state index >= 15 is 0 Å². The standard InChI is InChI=1S/C18H15FN2O/c1-13-20-17(11-18(19)21-13)15-7-9-16(10-8-15)22-12-14-5-3-2-4-6-14/h2-11H,12H2,1H3. The molecule has 2 aromatic carbocycles. The summed E-state index contributed by atoms with van der Waals surface area (Å²) < 4.78 is 19.0. The summed E-state index contributed by atoms with van der Waals surface area (Å²) >= 11 is 0. The van der Waals surface area contributed by atoms with Gasteiger partial charge in [0.25, 0.3) is 0 Å². The molecule has 110 valence electrons. The first kappa shape index (κ1) is 14.2. The molecule has 0 atom stereocenters. The smallest absolute Gasteiger partial charge is 0.216 e. The molecule has 0 aliphatic carbocycles. The highest BCUT2D eigenvalue weighted by Crippen LogP contribution is 2.21. The Kier molecular flexibility index (Phi) is 4.10. The number of hydrogen-bond donors (Lipinski definition) is 0. The molecule has 0 bridgehead atoms. The molecule has 1 aromatic heterocycles. The molecule has 3 rings (SSSR count). The van der Waals surface area contributed by atoms with Gasteiger partial charge in [-0.05, 0) is 36.8 Å². The van der Waals surface area contributed by atoms with Crippen molar-refractivity contribution in [2.45, 2.75) is 13.5 Å². The SMILES string of the molecule is Cc1nc(F)cc(-c2ccc(OCc3ccccc3)cc2)n1. The van der Waals surface area contributed by atoms with Crippen LogP contribution in [-0.2, 0) is 6.61 Å². The predicted molar refractivity (Wildman–Crippen MR) is 82.9 cm³/mol. The number of hydrogen-bond acceptors (Lipinski definition) is 3. The van der Waals surface area contributed by atoms with E-state index in [1.807, 2.05) is 54.6 Å². The minimum absolute atomic E-state index is 0.416. The molecule has 0 radical (unpaired) electrons. The lowest BCUT2D eigenvalue weighted by Gasteiger charge is -2.07. The average Bonchev–Trinajstić information content (AvgIpc) is 2.53. The number of ether oxygens (including phenoxy) is 1. The Morgan fingerprint density at radius 1 is 0.955 bits per heavy atom. The lowest BCUT2D eigenvalue weighted by Crippen LogP contribution is -1.96. The number of halogens is 1. The Morgan fingerprint density at radius 2 is 1.68 bits per heavy atom. The van der Waals surface area contributed by atoms with Crippen LogP contribution in [0.2, 0.25) is 0 Å². The van der Waals surface area contributed by atoms with Crippen molar-refractivity contribution in [1.82, 2.24) is 9.97 Å². The summed E-state index contributed by atoms with van der Waals surface area (Å²) in [6.07, 6.45) is 0. The fraction of sp³-hybridized carbons (Fsp3) is 0.111. The summed E-state index contributed by atoms with van der Waals surface area (Å²) in [5, 5.41) is 0. The molecule has 0 spiro atoms. The van der Waals surface area contributed by atoms with Gasteiger partial charge in [0, 0.05) is 11.6 Å². The molecule has 1 heterocycles. The van der Waals surface area contributed by atoms with Crippen molar-refractivity contribution in [2.24, 2.45) is 0 Å². The molecule has 0 saturated heterocycles. The average molecular weight is 294 g/mol. The van der Waals surface area contributed by atoms with Gasteiger partial charge in [-0.2, -0.15) is 4.39 Å². The molecule has 0 unspecified atom stereocenters. The van der Waals surface area contributed by atoms with Gasteiger partial charge in [0.1, 0.15) is 18.2 Å². The Bertz CT molecular complexity index is 738. The molecule has 0 N–H and O–H groups in total. The summed E-state index contributed by atoms with van der Waals surface area (Å²) in [6, 6.07) is 18.7. The first-order valence-electron chi connectivity index (χ1n) is 6.99. The van der Waals surface area contributed by atoms with E-state index < -0.39 is 5.95 Å². The van der Waals surface area contributed by atoms with Crippen LogP contribution in [0.25, 0.3) is 11.3 Å². The van der Waals surface area contributed by atoms with Gasteiger partial charge < -0.3 is 4.74 Å². The van der Waals surface area contributed by atoms with E-state index in [2.05, 4.69) is 9.97 Å². The Balaban J connectivity index is 1.72. The summed E-state index contributed by atoms with van der Waals surface area (Å²) in [5.74, 6) is 0.658. The van der Waals surface area contributed by atoms with Crippen LogP contribution in [0, 0.1) is 12.9 Å². The first-order valence-corrected chi connectivity index (χ1v) is 6.99. The molecule has 0 saturated carbocycles. The Labute approximate surface area is 128 Å². The van der Waals surface area contributed by atoms with Crippen molar-refractivity contribution in [2.75, 3.05) is 0 Å². The monoisotopic (exact) mass is 294 g/mol. The maximum atomic E-state index is 13.3. The molecule has 0 fully saturated rings. The number of aryl methyl sites for hydroxylation is 1. The normalized spacial score (nSPS) is 10.5. The summed E-state index contributed by atoms with van der Waals surface area (Å²) in [5.41, 5.74) is 2.51. The van der Waals surface area contributed by atoms with Gasteiger partial charge in [0.15, 0.2) is 0 Å². The van der Waals surface area contributed by atoms with E-state index in [-0.39, 0.29) is 0 Å². The van der Waals surface area contributed by atoms with Crippen LogP contribution < -0.4 is 4.74 Å². The van der Waals surface area contributed by atoms with Gasteiger partial charge in [-0.1, -0.05) is 30.3 Å². The van der Waals surface area contributed by atoms with E-state index in [0.29, 0.717) is 18.1 Å². The van der Waals surface area contributed by atoms with E-state index in [1.165, 1.54) is 6.07 Å². The summed E-state index contributed by atoms with van der Waals surface area (Å²) in [6.45, 7) is 2.19. The molecule has 22 heavy (non-hydrogen) atoms. The third-order valence-electron chi connectivity index (χ3n) is 3.21. The van der Waals surface area contributed by atoms with E-state index in [1.54, 1.807) is 6.92 Å². The van der Waals surface area contributed by atoms with Crippen LogP contribution in [0.1, 0.15) is 11.4 Å². The quantitative estimate of drug-likeness (QED) is 0.677. The van der Waals surface area contributed by atoms with Crippen molar-refractivity contribution in [1.29, 1.82) is 0 Å². The highest BCUT2D eigenvalue weighted by Gasteiger charge is 2.04. The molecule has 0 amide bonds. The predicted octanol–water partition coefficient (Wildman–Crippen LogP) is 4.17. The van der Waals surface area contributed by atoms with Gasteiger partial charge in [-0.15, -0.1) is 0 Å². The van der Waals surface area contributed by atoms with Crippen molar-refractivity contribution < 1.29 is 9.13 Å². The van der Waals surface area contributed by atoms with Gasteiger partial charge in [-0.25, -0.2) is 9.97 Å². The maximum absolute atomic E-state index is 13.3. The second kappa shape index (κ2) is 6.35. The number of benzene rings is 2. The van der Waals surface area contributed by atoms with Gasteiger partial charge >= 0.3 is 0 Å². The Hall–Kier alpha value is -2.75. The Morgan fingerprint density at radius 3 is 2.36 bits per heavy atom. The van der Waals surface area contributed by atoms with E-state index in [4.69, 9.17) is 4.74 Å². The van der Waals surface area contributed by atoms with Crippen molar-refractivity contribution in [3.05, 3.63) is 78.0 Å². The van der Waals surface area contributed by atoms with Crippen LogP contribution in [0.3, 0.4) is 0 Å². The maximum Gasteiger partial charge on any atom is 0.216 e. The zero-order valence-corrected chi connectivity index (χ0v) is 12.2. The zero-order chi connectivity index (χ0) is 15.4. The van der Waals surface area contributed by atoms with Crippen molar-refractivity contribution >= 4 is 0 Å².